The van der Waals surface area contributed by atoms with E-state index in [1.165, 1.54) is 11.1 Å². The summed E-state index contributed by atoms with van der Waals surface area (Å²) in [5.41, 5.74) is 3.78. The number of hydrogen-bond acceptors (Lipinski definition) is 9. The molecule has 55 heavy (non-hydrogen) atoms. The van der Waals surface area contributed by atoms with Crippen LogP contribution in [0.5, 0.6) is 0 Å². The van der Waals surface area contributed by atoms with Gasteiger partial charge in [0.05, 0.1) is 6.61 Å². The molecule has 6 N–H and O–H groups in total. The molecule has 0 spiro atoms. The molecule has 314 valence electrons. The molecular formula is C42H70FN3O9. The van der Waals surface area contributed by atoms with Gasteiger partial charge in [0.25, 0.3) is 0 Å². The highest BCUT2D eigenvalue weighted by molar-refractivity contribution is 5.77. The lowest BCUT2D eigenvalue weighted by Crippen LogP contribution is -2.47. The van der Waals surface area contributed by atoms with E-state index in [0.29, 0.717) is 38.0 Å². The predicted octanol–water partition coefficient (Wildman–Crippen LogP) is 6.96. The zero-order valence-corrected chi connectivity index (χ0v) is 34.7. The first kappa shape index (κ1) is 53.2. The first-order valence-corrected chi connectivity index (χ1v) is 19.1. The number of hydrogen-bond donors (Lipinski definition) is 6. The Balaban J connectivity index is 0. The predicted molar refractivity (Wildman–Crippen MR) is 215 cm³/mol. The first-order valence-electron chi connectivity index (χ1n) is 19.1. The molecule has 0 heterocycles. The summed E-state index contributed by atoms with van der Waals surface area (Å²) in [5, 5.41) is 33.6. The second-order valence-electron chi connectivity index (χ2n) is 14.7. The van der Waals surface area contributed by atoms with Crippen molar-refractivity contribution in [3.8, 4) is 0 Å². The highest BCUT2D eigenvalue weighted by Crippen LogP contribution is 2.11. The van der Waals surface area contributed by atoms with E-state index in [-0.39, 0.29) is 24.5 Å². The van der Waals surface area contributed by atoms with Crippen LogP contribution >= 0.6 is 0 Å². The smallest absolute Gasteiger partial charge is 0.325 e. The van der Waals surface area contributed by atoms with Crippen LogP contribution in [0.25, 0.3) is 0 Å². The minimum absolute atomic E-state index is 0.183. The Morgan fingerprint density at radius 2 is 0.964 bits per heavy atom. The number of benzene rings is 2. The fourth-order valence-electron chi connectivity index (χ4n) is 5.25. The number of aliphatic carboxylic acids is 3. The molecule has 0 bridgehead atoms. The van der Waals surface area contributed by atoms with Crippen molar-refractivity contribution in [2.24, 2.45) is 17.8 Å². The molecule has 5 atom stereocenters. The number of carboxylic acid groups (broad SMARTS) is 3. The van der Waals surface area contributed by atoms with E-state index in [9.17, 15) is 39.0 Å². The van der Waals surface area contributed by atoms with E-state index < -0.39 is 48.0 Å². The lowest BCUT2D eigenvalue weighted by molar-refractivity contribution is -0.148. The average molecular weight is 780 g/mol. The zero-order valence-electron chi connectivity index (χ0n) is 34.7. The monoisotopic (exact) mass is 780 g/mol. The van der Waals surface area contributed by atoms with Gasteiger partial charge in [0.2, 0.25) is 0 Å². The SMILES string of the molecule is CC(C)C[C@H](NC(C)CCc1ccccc1)C(=O)O.CC(C)C[C@H](NC(CCc1ccccc1)C(=O)O)C(=O)O.CCOC(=O)[C@H](CC(C)C)NF.COC. The van der Waals surface area contributed by atoms with Crippen molar-refractivity contribution >= 4 is 23.9 Å². The summed E-state index contributed by atoms with van der Waals surface area (Å²) in [7, 11) is 3.25. The molecule has 0 saturated carbocycles. The molecule has 0 saturated heterocycles. The van der Waals surface area contributed by atoms with E-state index in [2.05, 4.69) is 39.2 Å². The molecule has 12 nitrogen and oxygen atoms in total. The molecule has 13 heteroatoms. The molecule has 0 aliphatic carbocycles. The van der Waals surface area contributed by atoms with Crippen molar-refractivity contribution in [3.05, 3.63) is 71.8 Å². The number of methoxy groups -OCH3 is 1. The molecule has 0 aromatic heterocycles. The minimum Gasteiger partial charge on any atom is -0.480 e. The Morgan fingerprint density at radius 3 is 1.31 bits per heavy atom. The molecule has 2 aromatic rings. The summed E-state index contributed by atoms with van der Waals surface area (Å²) in [4.78, 5) is 44.7. The number of halogens is 1. The second-order valence-corrected chi connectivity index (χ2v) is 14.7. The molecule has 0 radical (unpaired) electrons. The van der Waals surface area contributed by atoms with Crippen LogP contribution in [0.15, 0.2) is 60.7 Å². The van der Waals surface area contributed by atoms with Crippen molar-refractivity contribution in [1.29, 1.82) is 0 Å². The van der Waals surface area contributed by atoms with E-state index in [1.54, 1.807) is 21.1 Å². The summed E-state index contributed by atoms with van der Waals surface area (Å²) in [6.07, 6.45) is 4.42. The maximum Gasteiger partial charge on any atom is 0.325 e. The largest absolute Gasteiger partial charge is 0.480 e. The molecule has 0 fully saturated rings. The van der Waals surface area contributed by atoms with Gasteiger partial charge in [0.15, 0.2) is 0 Å². The molecule has 2 unspecified atom stereocenters. The molecule has 2 aromatic carbocycles. The number of carbonyl (C=O) groups excluding carboxylic acids is 1. The maximum atomic E-state index is 12.0. The van der Waals surface area contributed by atoms with Gasteiger partial charge in [0, 0.05) is 20.3 Å². The van der Waals surface area contributed by atoms with Gasteiger partial charge in [-0.3, -0.25) is 24.5 Å². The highest BCUT2D eigenvalue weighted by Gasteiger charge is 2.26. The molecular weight excluding hydrogens is 709 g/mol. The Labute approximate surface area is 328 Å². The van der Waals surface area contributed by atoms with Crippen LogP contribution in [-0.4, -0.2) is 90.2 Å². The van der Waals surface area contributed by atoms with Gasteiger partial charge in [0.1, 0.15) is 24.2 Å². The van der Waals surface area contributed by atoms with Crippen molar-refractivity contribution in [2.75, 3.05) is 20.8 Å². The van der Waals surface area contributed by atoms with Crippen LogP contribution in [0.2, 0.25) is 0 Å². The molecule has 0 aliphatic heterocycles. The lowest BCUT2D eigenvalue weighted by atomic mass is 10.0. The summed E-state index contributed by atoms with van der Waals surface area (Å²) < 4.78 is 20.9. The summed E-state index contributed by atoms with van der Waals surface area (Å²) in [5.74, 6) is -2.45. The Bertz CT molecular complexity index is 1280. The van der Waals surface area contributed by atoms with Crippen LogP contribution < -0.4 is 16.2 Å². The molecule has 2 rings (SSSR count). The Kier molecular flexibility index (Phi) is 31.3. The number of esters is 1. The van der Waals surface area contributed by atoms with Crippen molar-refractivity contribution in [2.45, 2.75) is 131 Å². The average Bonchev–Trinajstić information content (AvgIpc) is 3.12. The van der Waals surface area contributed by atoms with Gasteiger partial charge < -0.3 is 30.1 Å². The van der Waals surface area contributed by atoms with Gasteiger partial charge in [-0.1, -0.05) is 102 Å². The number of carboxylic acids is 3. The first-order chi connectivity index (χ1) is 25.9. The summed E-state index contributed by atoms with van der Waals surface area (Å²) >= 11 is 0. The highest BCUT2D eigenvalue weighted by atomic mass is 19.2. The molecule has 0 aliphatic rings. The second kappa shape index (κ2) is 32.3. The van der Waals surface area contributed by atoms with Gasteiger partial charge in [-0.15, -0.1) is 10.0 Å². The van der Waals surface area contributed by atoms with E-state index >= 15 is 0 Å². The van der Waals surface area contributed by atoms with Crippen LogP contribution in [0.1, 0.15) is 98.6 Å². The van der Waals surface area contributed by atoms with Crippen molar-refractivity contribution in [3.63, 3.8) is 0 Å². The fourth-order valence-corrected chi connectivity index (χ4v) is 5.25. The zero-order chi connectivity index (χ0) is 42.3. The number of rotatable bonds is 22. The van der Waals surface area contributed by atoms with Crippen LogP contribution in [0.4, 0.5) is 4.48 Å². The summed E-state index contributed by atoms with van der Waals surface area (Å²) in [6.45, 7) is 15.8. The van der Waals surface area contributed by atoms with Gasteiger partial charge >= 0.3 is 23.9 Å². The van der Waals surface area contributed by atoms with Crippen LogP contribution in [-0.2, 0) is 41.5 Å². The minimum atomic E-state index is -1.01. The van der Waals surface area contributed by atoms with Crippen molar-refractivity contribution < 1.29 is 48.5 Å². The topological polar surface area (TPSA) is 184 Å². The fraction of sp³-hybridized carbons (Fsp3) is 0.619. The third-order valence-corrected chi connectivity index (χ3v) is 7.88. The van der Waals surface area contributed by atoms with Gasteiger partial charge in [-0.25, -0.2) is 0 Å². The Morgan fingerprint density at radius 1 is 0.600 bits per heavy atom. The lowest BCUT2D eigenvalue weighted by Gasteiger charge is -2.21. The number of aryl methyl sites for hydroxylation is 2. The Hall–Kier alpha value is -3.91. The maximum absolute atomic E-state index is 12.0. The third-order valence-electron chi connectivity index (χ3n) is 7.88. The van der Waals surface area contributed by atoms with Gasteiger partial charge in [-0.05, 0) is 87.7 Å². The van der Waals surface area contributed by atoms with Crippen LogP contribution in [0.3, 0.4) is 0 Å². The quantitative estimate of drug-likeness (QED) is 0.0535. The summed E-state index contributed by atoms with van der Waals surface area (Å²) in [6, 6.07) is 17.1. The number of ether oxygens (including phenoxy) is 2. The van der Waals surface area contributed by atoms with E-state index in [1.807, 2.05) is 90.1 Å². The number of carbonyl (C=O) groups is 4. The van der Waals surface area contributed by atoms with Gasteiger partial charge in [-0.2, -0.15) is 0 Å². The van der Waals surface area contributed by atoms with Crippen molar-refractivity contribution in [1.82, 2.24) is 16.2 Å². The third kappa shape index (κ3) is 29.1. The van der Waals surface area contributed by atoms with Crippen LogP contribution in [0, 0.1) is 17.8 Å². The molecule has 0 amide bonds. The number of nitrogens with one attached hydrogen (secondary N) is 3. The van der Waals surface area contributed by atoms with E-state index in [0.717, 1.165) is 18.4 Å². The van der Waals surface area contributed by atoms with E-state index in [4.69, 9.17) is 0 Å². The normalized spacial score (nSPS) is 13.4. The standard InChI is InChI=1S/C16H23NO4.C16H25NO2.C8H16FNO2.C2H6O/c1-11(2)10-14(16(20)21)17-13(15(18)19)9-8-12-6-4-3-5-7-12;1-12(2)11-15(16(18)19)17-13(3)9-10-14-7-5-4-6-8-14;1-4-12-8(11)7(10-9)5-6(2)3;1-3-2/h3-7,11,13-14,17H,8-10H2,1-2H3,(H,18,19)(H,20,21);4-8,12-13,15,17H,9-11H2,1-3H3,(H,18,19);6-7,10H,4-5H2,1-3H3;1-2H3/t13?,14-;13?,15-;7-;/m000./s1.